The van der Waals surface area contributed by atoms with E-state index in [1.165, 1.54) is 30.5 Å². The van der Waals surface area contributed by atoms with Crippen LogP contribution in [0, 0.1) is 20.2 Å². The first-order chi connectivity index (χ1) is 14.4. The normalized spacial score (nSPS) is 11.2. The van der Waals surface area contributed by atoms with Crippen molar-refractivity contribution >= 4 is 40.7 Å². The lowest BCUT2D eigenvalue weighted by Gasteiger charge is -2.01. The van der Waals surface area contributed by atoms with Gasteiger partial charge in [-0.15, -0.1) is 0 Å². The number of fused-ring (bicyclic) bond motifs is 1. The molecule has 4 aromatic rings. The molecule has 0 N–H and O–H groups in total. The summed E-state index contributed by atoms with van der Waals surface area (Å²) in [5.74, 6) is 0.434. The lowest BCUT2D eigenvalue weighted by molar-refractivity contribution is -0.384. The number of nitrogens with zero attached hydrogens (tertiary/aromatic N) is 5. The van der Waals surface area contributed by atoms with E-state index in [9.17, 15) is 20.2 Å². The van der Waals surface area contributed by atoms with Gasteiger partial charge in [0.25, 0.3) is 11.4 Å². The highest BCUT2D eigenvalue weighted by Crippen LogP contribution is 2.33. The Morgan fingerprint density at radius 1 is 1.00 bits per heavy atom. The highest BCUT2D eigenvalue weighted by Gasteiger charge is 2.16. The molecule has 0 aliphatic carbocycles. The number of hydrogen-bond donors (Lipinski definition) is 0. The average molecular weight is 422 g/mol. The minimum atomic E-state index is -0.567. The molecule has 0 bridgehead atoms. The van der Waals surface area contributed by atoms with Crippen LogP contribution in [0.25, 0.3) is 16.9 Å². The third kappa shape index (κ3) is 3.61. The largest absolute Gasteiger partial charge is 0.288 e. The van der Waals surface area contributed by atoms with Gasteiger partial charge in [0.05, 0.1) is 9.85 Å². The number of aromatic nitrogens is 2. The summed E-state index contributed by atoms with van der Waals surface area (Å²) < 4.78 is 1.73. The molecular formula is C20H12ClN5O4. The zero-order valence-corrected chi connectivity index (χ0v) is 15.9. The minimum Gasteiger partial charge on any atom is -0.284 e. The predicted molar refractivity (Wildman–Crippen MR) is 113 cm³/mol. The van der Waals surface area contributed by atoms with E-state index in [1.807, 2.05) is 6.07 Å². The Balaban J connectivity index is 1.85. The minimum absolute atomic E-state index is 0.0317. The molecule has 2 aromatic carbocycles. The Bertz CT molecular complexity index is 1330. The average Bonchev–Trinajstić information content (AvgIpc) is 3.11. The first-order valence-corrected chi connectivity index (χ1v) is 9.02. The molecule has 0 saturated heterocycles. The fourth-order valence-corrected chi connectivity index (χ4v) is 3.14. The molecule has 10 heteroatoms. The Morgan fingerprint density at radius 3 is 2.60 bits per heavy atom. The Hall–Kier alpha value is -4.11. The number of benzene rings is 2. The molecule has 0 saturated carbocycles. The van der Waals surface area contributed by atoms with Crippen molar-refractivity contribution in [2.24, 2.45) is 4.99 Å². The van der Waals surface area contributed by atoms with Gasteiger partial charge in [0.15, 0.2) is 5.82 Å². The summed E-state index contributed by atoms with van der Waals surface area (Å²) in [5.41, 5.74) is 1.77. The summed E-state index contributed by atoms with van der Waals surface area (Å²) in [6.07, 6.45) is 3.22. The van der Waals surface area contributed by atoms with Gasteiger partial charge in [0.2, 0.25) is 0 Å². The monoisotopic (exact) mass is 421 g/mol. The fourth-order valence-electron chi connectivity index (χ4n) is 2.95. The van der Waals surface area contributed by atoms with Crippen LogP contribution in [0.5, 0.6) is 0 Å². The molecule has 30 heavy (non-hydrogen) atoms. The third-order valence-electron chi connectivity index (χ3n) is 4.34. The van der Waals surface area contributed by atoms with Gasteiger partial charge in [-0.1, -0.05) is 35.9 Å². The van der Waals surface area contributed by atoms with Gasteiger partial charge in [0.1, 0.15) is 16.4 Å². The number of pyridine rings is 1. The standard InChI is InChI=1S/C20H12ClN5O4/c21-16-8-7-13(10-17(16)26(29)30)12-22-20-19(23-18-6-1-2-9-24(18)20)14-4-3-5-15(11-14)25(27)28/h1-12H. The van der Waals surface area contributed by atoms with Gasteiger partial charge in [0, 0.05) is 36.2 Å². The topological polar surface area (TPSA) is 116 Å². The maximum absolute atomic E-state index is 11.2. The van der Waals surface area contributed by atoms with Crippen LogP contribution in [0.2, 0.25) is 5.02 Å². The molecule has 0 fully saturated rings. The molecule has 0 aliphatic heterocycles. The molecule has 4 rings (SSSR count). The number of nitro groups is 2. The number of hydrogen-bond acceptors (Lipinski definition) is 6. The second-order valence-corrected chi connectivity index (χ2v) is 6.65. The van der Waals surface area contributed by atoms with Gasteiger partial charge < -0.3 is 0 Å². The van der Waals surface area contributed by atoms with E-state index in [1.54, 1.807) is 40.9 Å². The van der Waals surface area contributed by atoms with Gasteiger partial charge >= 0.3 is 0 Å². The van der Waals surface area contributed by atoms with Gasteiger partial charge in [-0.25, -0.2) is 9.98 Å². The van der Waals surface area contributed by atoms with Crippen LogP contribution >= 0.6 is 11.6 Å². The number of non-ortho nitro benzene ring substituents is 1. The molecule has 0 spiro atoms. The quantitative estimate of drug-likeness (QED) is 0.249. The summed E-state index contributed by atoms with van der Waals surface area (Å²) >= 11 is 5.86. The summed E-state index contributed by atoms with van der Waals surface area (Å²) in [7, 11) is 0. The first-order valence-electron chi connectivity index (χ1n) is 8.64. The van der Waals surface area contributed by atoms with Crippen LogP contribution < -0.4 is 0 Å². The molecule has 148 valence electrons. The van der Waals surface area contributed by atoms with Crippen molar-refractivity contribution in [2.75, 3.05) is 0 Å². The van der Waals surface area contributed by atoms with Crippen LogP contribution in [-0.2, 0) is 0 Å². The number of aliphatic imine (C=N–C) groups is 1. The molecule has 0 radical (unpaired) electrons. The van der Waals surface area contributed by atoms with Crippen molar-refractivity contribution in [3.05, 3.63) is 97.7 Å². The highest BCUT2D eigenvalue weighted by atomic mass is 35.5. The Kier molecular flexibility index (Phi) is 4.95. The van der Waals surface area contributed by atoms with E-state index in [4.69, 9.17) is 11.6 Å². The lowest BCUT2D eigenvalue weighted by atomic mass is 10.1. The molecule has 0 aliphatic rings. The van der Waals surface area contributed by atoms with Crippen molar-refractivity contribution in [1.29, 1.82) is 0 Å². The van der Waals surface area contributed by atoms with Crippen LogP contribution in [0.3, 0.4) is 0 Å². The van der Waals surface area contributed by atoms with E-state index in [0.717, 1.165) is 0 Å². The SMILES string of the molecule is O=[N+]([O-])c1cccc(-c2nc3ccccn3c2N=Cc2ccc(Cl)c([N+](=O)[O-])c2)c1. The second-order valence-electron chi connectivity index (χ2n) is 6.25. The van der Waals surface area contributed by atoms with Crippen molar-refractivity contribution in [3.63, 3.8) is 0 Å². The molecule has 0 atom stereocenters. The molecular weight excluding hydrogens is 410 g/mol. The number of rotatable bonds is 5. The molecule has 0 amide bonds. The van der Waals surface area contributed by atoms with Crippen molar-refractivity contribution in [2.45, 2.75) is 0 Å². The summed E-state index contributed by atoms with van der Waals surface area (Å²) in [6.45, 7) is 0. The van der Waals surface area contributed by atoms with Gasteiger partial charge in [-0.3, -0.25) is 24.6 Å². The van der Waals surface area contributed by atoms with Crippen LogP contribution in [0.15, 0.2) is 71.9 Å². The van der Waals surface area contributed by atoms with Crippen LogP contribution in [0.1, 0.15) is 5.56 Å². The van der Waals surface area contributed by atoms with Gasteiger partial charge in [-0.05, 0) is 23.8 Å². The Labute approximate surface area is 174 Å². The zero-order valence-electron chi connectivity index (χ0n) is 15.2. The van der Waals surface area contributed by atoms with E-state index in [2.05, 4.69) is 9.98 Å². The molecule has 9 nitrogen and oxygen atoms in total. The second kappa shape index (κ2) is 7.72. The highest BCUT2D eigenvalue weighted by molar-refractivity contribution is 6.32. The van der Waals surface area contributed by atoms with Gasteiger partial charge in [-0.2, -0.15) is 0 Å². The fraction of sp³-hybridized carbons (Fsp3) is 0. The predicted octanol–water partition coefficient (Wildman–Crippen LogP) is 5.22. The van der Waals surface area contributed by atoms with E-state index in [0.29, 0.717) is 28.3 Å². The lowest BCUT2D eigenvalue weighted by Crippen LogP contribution is -1.92. The molecule has 2 heterocycles. The maximum atomic E-state index is 11.2. The van der Waals surface area contributed by atoms with E-state index in [-0.39, 0.29) is 16.4 Å². The molecule has 0 unspecified atom stereocenters. The van der Waals surface area contributed by atoms with E-state index < -0.39 is 9.85 Å². The van der Waals surface area contributed by atoms with Crippen molar-refractivity contribution in [3.8, 4) is 11.3 Å². The smallest absolute Gasteiger partial charge is 0.284 e. The number of nitro benzene ring substituents is 2. The molecule has 2 aromatic heterocycles. The number of imidazole rings is 1. The number of halogens is 1. The van der Waals surface area contributed by atoms with Crippen LogP contribution in [-0.4, -0.2) is 25.4 Å². The third-order valence-corrected chi connectivity index (χ3v) is 4.66. The van der Waals surface area contributed by atoms with Crippen LogP contribution in [0.4, 0.5) is 17.2 Å². The maximum Gasteiger partial charge on any atom is 0.288 e. The zero-order chi connectivity index (χ0) is 21.3. The summed E-state index contributed by atoms with van der Waals surface area (Å²) in [4.78, 5) is 30.3. The van der Waals surface area contributed by atoms with Crippen molar-refractivity contribution < 1.29 is 9.85 Å². The van der Waals surface area contributed by atoms with Crippen molar-refractivity contribution in [1.82, 2.24) is 9.38 Å². The Morgan fingerprint density at radius 2 is 1.83 bits per heavy atom. The first kappa shape index (κ1) is 19.2. The van der Waals surface area contributed by atoms with E-state index >= 15 is 0 Å². The summed E-state index contributed by atoms with van der Waals surface area (Å²) in [5, 5.41) is 22.3. The summed E-state index contributed by atoms with van der Waals surface area (Å²) in [6, 6.07) is 15.9.